The summed E-state index contributed by atoms with van der Waals surface area (Å²) in [6, 6.07) is 15.3. The molecule has 2 aromatic carbocycles. The van der Waals surface area contributed by atoms with Crippen LogP contribution in [0.3, 0.4) is 0 Å². The van der Waals surface area contributed by atoms with Crippen molar-refractivity contribution in [2.75, 3.05) is 53.1 Å². The third-order valence-electron chi connectivity index (χ3n) is 6.96. The lowest BCUT2D eigenvalue weighted by atomic mass is 9.93. The second-order valence-corrected chi connectivity index (χ2v) is 18.8. The molecule has 0 spiro atoms. The fraction of sp³-hybridized carbons (Fsp3) is 0.538. The van der Waals surface area contributed by atoms with Gasteiger partial charge in [0, 0.05) is 62.2 Å². The topological polar surface area (TPSA) is 158 Å². The lowest BCUT2D eigenvalue weighted by molar-refractivity contribution is -0.172. The molecule has 2 rings (SSSR count). The summed E-state index contributed by atoms with van der Waals surface area (Å²) >= 11 is 7.56. The van der Waals surface area contributed by atoms with E-state index < -0.39 is 53.9 Å². The van der Waals surface area contributed by atoms with E-state index in [-0.39, 0.29) is 59.5 Å². The first-order valence-corrected chi connectivity index (χ1v) is 24.6. The van der Waals surface area contributed by atoms with Crippen LogP contribution in [0.4, 0.5) is 0 Å². The zero-order chi connectivity index (χ0) is 43.5. The lowest BCUT2D eigenvalue weighted by Crippen LogP contribution is -3.00. The van der Waals surface area contributed by atoms with Crippen molar-refractivity contribution in [3.8, 4) is 0 Å². The van der Waals surface area contributed by atoms with Crippen molar-refractivity contribution in [3.05, 3.63) is 70.8 Å². The number of halogens is 3. The Bertz CT molecular complexity index is 1480. The summed E-state index contributed by atoms with van der Waals surface area (Å²) < 4.78 is 36.5. The van der Waals surface area contributed by atoms with Gasteiger partial charge in [-0.25, -0.2) is 0 Å². The molecule has 12 nitrogen and oxygen atoms in total. The summed E-state index contributed by atoms with van der Waals surface area (Å²) in [5.41, 5.74) is 1.35. The zero-order valence-corrected chi connectivity index (χ0v) is 40.1. The third kappa shape index (κ3) is 28.8. The monoisotopic (exact) mass is 1010 g/mol. The predicted octanol–water partition coefficient (Wildman–Crippen LogP) is 5.75. The number of carbonyl (C=O) groups is 6. The number of benzene rings is 2. The van der Waals surface area contributed by atoms with E-state index in [1.165, 1.54) is 47.1 Å². The van der Waals surface area contributed by atoms with Gasteiger partial charge in [0.25, 0.3) is 0 Å². The molecule has 0 aliphatic carbocycles. The molecule has 0 fully saturated rings. The summed E-state index contributed by atoms with van der Waals surface area (Å²) in [5.74, 6) is -2.91. The van der Waals surface area contributed by atoms with Gasteiger partial charge in [0.05, 0.1) is 6.16 Å². The molecule has 0 aromatic heterocycles. The summed E-state index contributed by atoms with van der Waals surface area (Å²) in [5, 5.41) is 0. The second kappa shape index (κ2) is 32.7. The Morgan fingerprint density at radius 1 is 0.632 bits per heavy atom. The van der Waals surface area contributed by atoms with Gasteiger partial charge in [-0.2, -0.15) is 0 Å². The minimum atomic E-state index is -1.27. The van der Waals surface area contributed by atoms with E-state index in [4.69, 9.17) is 41.4 Å². The highest BCUT2D eigenvalue weighted by Gasteiger charge is 2.39. The first kappa shape index (κ1) is 59.2. The van der Waals surface area contributed by atoms with Crippen molar-refractivity contribution in [2.24, 2.45) is 10.8 Å². The van der Waals surface area contributed by atoms with Crippen LogP contribution in [-0.4, -0.2) is 88.9 Å². The summed E-state index contributed by atoms with van der Waals surface area (Å²) in [4.78, 5) is 69.0. The van der Waals surface area contributed by atoms with E-state index >= 15 is 0 Å². The number of alkyl halides is 1. The molecule has 0 N–H and O–H groups in total. The lowest BCUT2D eigenvalue weighted by Gasteiger charge is -2.26. The van der Waals surface area contributed by atoms with Gasteiger partial charge in [-0.15, -0.1) is 20.8 Å². The van der Waals surface area contributed by atoms with Crippen molar-refractivity contribution < 1.29 is 71.0 Å². The van der Waals surface area contributed by atoms with Crippen LogP contribution in [0.25, 0.3) is 0 Å². The largest absolute Gasteiger partial charge is 1.40 e. The number of hydrogen-bond donors (Lipinski definition) is 0. The standard InChI is InChI=1S/C20H30O6P.C17H21ClO6.CH5P.CH4.ClH.IP/c1-15(21)25-13-20(3,14-26-16(2)22)19(23)24-11-17-7-9-18(10-8-17)12-27(4,5)6;1-12(19)23-10-17(3,11-24-13(2)20)16(21)22-9-15-6-4-14(8-18)5-7-15;1-2;;;1-2/h7-10H,11-14H2,1-6H3;4-7H,8-11H2,1-3H3;2H2,1H3;1H4;1H;/q+1;;;;;-2/p-1/i;;1T;;;. The van der Waals surface area contributed by atoms with E-state index in [0.717, 1.165) is 22.9 Å². The molecule has 2 aromatic rings. The van der Waals surface area contributed by atoms with Crippen molar-refractivity contribution >= 4 is 92.8 Å². The molecular formula is C39H60Cl2IO12P3-2. The average molecular weight is 1010 g/mol. The minimum absolute atomic E-state index is 0. The predicted molar refractivity (Wildman–Crippen MR) is 236 cm³/mol. The molecular weight excluding hydrogens is 951 g/mol. The molecule has 57 heavy (non-hydrogen) atoms. The molecule has 0 aliphatic heterocycles. The number of rotatable bonds is 17. The molecule has 0 bridgehead atoms. The van der Waals surface area contributed by atoms with Gasteiger partial charge in [0.1, 0.15) is 50.5 Å². The molecule has 0 heterocycles. The van der Waals surface area contributed by atoms with Crippen LogP contribution in [0, 0.1) is 10.8 Å². The Morgan fingerprint density at radius 3 is 1.11 bits per heavy atom. The van der Waals surface area contributed by atoms with Crippen molar-refractivity contribution in [1.82, 2.24) is 0 Å². The molecule has 0 saturated heterocycles. The van der Waals surface area contributed by atoms with Crippen LogP contribution in [0.15, 0.2) is 48.5 Å². The Labute approximate surface area is 370 Å². The molecule has 0 aliphatic rings. The first-order valence-electron chi connectivity index (χ1n) is 17.4. The molecule has 0 saturated carbocycles. The number of carbonyl (C=O) groups excluding carboxylic acids is 6. The van der Waals surface area contributed by atoms with Crippen LogP contribution in [0.1, 0.15) is 72.6 Å². The normalized spacial score (nSPS) is 10.5. The number of ether oxygens (including phenoxy) is 6. The van der Waals surface area contributed by atoms with Gasteiger partial charge in [0.15, 0.2) is 0 Å². The summed E-state index contributed by atoms with van der Waals surface area (Å²) in [6.45, 7) is 18.0. The molecule has 18 heteroatoms. The SMILES string of the molecule is C.CC(=O)OCC(C)(COC(C)=O)C(=O)OCc1ccc(CCl)cc1.CC(=O)OCC(C)(COC(C)=O)C(=O)OCc1ccc(C[P+](C)(C)C)cc1.[3H]CP.[Cl-].[P-2]I. The Kier molecular flexibility index (Phi) is 33.9. The maximum Gasteiger partial charge on any atom is 0.319 e. The van der Waals surface area contributed by atoms with Gasteiger partial charge in [-0.3, -0.25) is 28.8 Å². The Balaban J connectivity index is -0.000000440. The molecule has 1 atom stereocenters. The van der Waals surface area contributed by atoms with Crippen LogP contribution >= 0.6 is 57.0 Å². The summed E-state index contributed by atoms with van der Waals surface area (Å²) in [7, 11) is 1.34. The van der Waals surface area contributed by atoms with E-state index in [2.05, 4.69) is 36.1 Å². The van der Waals surface area contributed by atoms with Crippen LogP contribution in [0.5, 0.6) is 0 Å². The van der Waals surface area contributed by atoms with E-state index in [1.807, 2.05) is 58.4 Å². The van der Waals surface area contributed by atoms with Crippen molar-refractivity contribution in [2.45, 2.75) is 74.2 Å². The van der Waals surface area contributed by atoms with Gasteiger partial charge >= 0.3 is 35.8 Å². The van der Waals surface area contributed by atoms with Crippen LogP contribution < -0.4 is 12.4 Å². The van der Waals surface area contributed by atoms with E-state index in [9.17, 15) is 28.8 Å². The quantitative estimate of drug-likeness (QED) is 0.0623. The number of esters is 6. The van der Waals surface area contributed by atoms with Gasteiger partial charge in [-0.1, -0.05) is 62.6 Å². The second-order valence-electron chi connectivity index (χ2n) is 13.6. The fourth-order valence-corrected chi connectivity index (χ4v) is 5.51. The van der Waals surface area contributed by atoms with Crippen LogP contribution in [-0.2, 0) is 82.4 Å². The van der Waals surface area contributed by atoms with Crippen molar-refractivity contribution in [3.63, 3.8) is 0 Å². The average Bonchev–Trinajstić information content (AvgIpc) is 3.14. The molecule has 326 valence electrons. The fourth-order valence-electron chi connectivity index (χ4n) is 4.02. The Hall–Kier alpha value is -2.14. The highest BCUT2D eigenvalue weighted by molar-refractivity contribution is 14.2. The summed E-state index contributed by atoms with van der Waals surface area (Å²) in [6.07, 6.45) is 1.07. The minimum Gasteiger partial charge on any atom is -1.40 e. The van der Waals surface area contributed by atoms with Crippen molar-refractivity contribution in [1.29, 1.82) is 0 Å². The molecule has 0 radical (unpaired) electrons. The van der Waals surface area contributed by atoms with Gasteiger partial charge in [-0.05, 0) is 36.1 Å². The van der Waals surface area contributed by atoms with E-state index in [1.54, 1.807) is 12.1 Å². The van der Waals surface area contributed by atoms with Gasteiger partial charge < -0.3 is 69.8 Å². The first-order chi connectivity index (χ1) is 26.1. The smallest absolute Gasteiger partial charge is 0.319 e. The maximum absolute atomic E-state index is 12.5. The highest BCUT2D eigenvalue weighted by atomic mass is 127. The van der Waals surface area contributed by atoms with E-state index in [0.29, 0.717) is 12.5 Å². The van der Waals surface area contributed by atoms with Crippen LogP contribution in [0.2, 0.25) is 0 Å². The highest BCUT2D eigenvalue weighted by Crippen LogP contribution is 2.49. The zero-order valence-electron chi connectivity index (χ0n) is 34.5. The maximum atomic E-state index is 12.5. The number of hydrogen-bond acceptors (Lipinski definition) is 12. The molecule has 0 amide bonds. The molecule has 1 unspecified atom stereocenters. The third-order valence-corrected chi connectivity index (χ3v) is 8.58. The Morgan fingerprint density at radius 2 is 0.877 bits per heavy atom. The van der Waals surface area contributed by atoms with Gasteiger partial charge in [0.2, 0.25) is 0 Å².